The molecule has 0 spiro atoms. The van der Waals surface area contributed by atoms with Gasteiger partial charge in [-0.3, -0.25) is 14.6 Å². The van der Waals surface area contributed by atoms with Gasteiger partial charge < -0.3 is 5.32 Å². The van der Waals surface area contributed by atoms with Gasteiger partial charge in [0.2, 0.25) is 5.91 Å². The highest BCUT2D eigenvalue weighted by Crippen LogP contribution is 2.21. The van der Waals surface area contributed by atoms with Crippen LogP contribution >= 0.6 is 0 Å². The van der Waals surface area contributed by atoms with Crippen LogP contribution in [-0.4, -0.2) is 54.5 Å². The molecule has 2 unspecified atom stereocenters. The highest BCUT2D eigenvalue weighted by molar-refractivity contribution is 5.78. The Kier molecular flexibility index (Phi) is 6.96. The Hall–Kier alpha value is -2.17. The van der Waals surface area contributed by atoms with Crippen LogP contribution in [0.1, 0.15) is 30.4 Å². The predicted octanol–water partition coefficient (Wildman–Crippen LogP) is 3.33. The van der Waals surface area contributed by atoms with E-state index < -0.39 is 0 Å². The van der Waals surface area contributed by atoms with E-state index in [1.165, 1.54) is 24.0 Å². The zero-order valence-corrected chi connectivity index (χ0v) is 17.3. The van der Waals surface area contributed by atoms with E-state index in [-0.39, 0.29) is 11.9 Å². The molecular formula is C25H33N3O. The molecule has 0 saturated carbocycles. The van der Waals surface area contributed by atoms with Crippen LogP contribution in [0.3, 0.4) is 0 Å². The second kappa shape index (κ2) is 10.0. The summed E-state index contributed by atoms with van der Waals surface area (Å²) in [4.78, 5) is 17.4. The number of benzene rings is 2. The monoisotopic (exact) mass is 391 g/mol. The molecule has 2 saturated heterocycles. The van der Waals surface area contributed by atoms with Gasteiger partial charge in [0.25, 0.3) is 0 Å². The largest absolute Gasteiger partial charge is 0.351 e. The Morgan fingerprint density at radius 2 is 1.59 bits per heavy atom. The van der Waals surface area contributed by atoms with Crippen LogP contribution in [0, 0.1) is 5.92 Å². The van der Waals surface area contributed by atoms with Crippen LogP contribution in [0.15, 0.2) is 60.7 Å². The number of nitrogens with one attached hydrogen (secondary N) is 1. The molecule has 0 bridgehead atoms. The van der Waals surface area contributed by atoms with Crippen molar-refractivity contribution in [3.63, 3.8) is 0 Å². The topological polar surface area (TPSA) is 35.6 Å². The number of likely N-dealkylation sites (tertiary alicyclic amines) is 2. The standard InChI is InChI=1S/C25H33N3O/c29-25(26-24-13-15-28(19-24)17-22-10-5-2-6-11-22)20-27-14-7-12-23(18-27)16-21-8-3-1-4-9-21/h1-6,8-11,23-24H,7,12-20H2,(H,26,29). The molecule has 0 aromatic heterocycles. The molecule has 4 rings (SSSR count). The van der Waals surface area contributed by atoms with Crippen LogP contribution in [0.4, 0.5) is 0 Å². The minimum atomic E-state index is 0.192. The lowest BCUT2D eigenvalue weighted by Gasteiger charge is -2.32. The van der Waals surface area contributed by atoms with E-state index in [9.17, 15) is 4.79 Å². The number of piperidine rings is 1. The van der Waals surface area contributed by atoms with Crippen LogP contribution in [0.5, 0.6) is 0 Å². The molecular weight excluding hydrogens is 358 g/mol. The van der Waals surface area contributed by atoms with Gasteiger partial charge in [-0.25, -0.2) is 0 Å². The highest BCUT2D eigenvalue weighted by atomic mass is 16.2. The summed E-state index contributed by atoms with van der Waals surface area (Å²) in [5.74, 6) is 0.851. The minimum Gasteiger partial charge on any atom is -0.351 e. The average molecular weight is 392 g/mol. The first kappa shape index (κ1) is 20.1. The number of rotatable bonds is 7. The summed E-state index contributed by atoms with van der Waals surface area (Å²) in [5.41, 5.74) is 2.76. The number of amides is 1. The number of nitrogens with zero attached hydrogens (tertiary/aromatic N) is 2. The van der Waals surface area contributed by atoms with Crippen molar-refractivity contribution in [3.8, 4) is 0 Å². The van der Waals surface area contributed by atoms with Gasteiger partial charge in [0, 0.05) is 32.2 Å². The Balaban J connectivity index is 1.19. The maximum Gasteiger partial charge on any atom is 0.234 e. The van der Waals surface area contributed by atoms with Crippen molar-refractivity contribution in [1.29, 1.82) is 0 Å². The molecule has 0 radical (unpaired) electrons. The second-order valence-electron chi connectivity index (χ2n) is 8.71. The van der Waals surface area contributed by atoms with Gasteiger partial charge in [0.1, 0.15) is 0 Å². The molecule has 2 aliphatic rings. The molecule has 29 heavy (non-hydrogen) atoms. The van der Waals surface area contributed by atoms with E-state index in [0.29, 0.717) is 12.5 Å². The van der Waals surface area contributed by atoms with E-state index in [1.807, 2.05) is 0 Å². The third-order valence-electron chi connectivity index (χ3n) is 6.22. The van der Waals surface area contributed by atoms with E-state index >= 15 is 0 Å². The van der Waals surface area contributed by atoms with Crippen molar-refractivity contribution in [2.75, 3.05) is 32.7 Å². The number of carbonyl (C=O) groups excluding carboxylic acids is 1. The Labute approximate surface area is 174 Å². The third kappa shape index (κ3) is 6.15. The van der Waals surface area contributed by atoms with E-state index in [4.69, 9.17) is 0 Å². The van der Waals surface area contributed by atoms with Crippen LogP contribution in [-0.2, 0) is 17.8 Å². The normalized spacial score (nSPS) is 23.2. The molecule has 1 amide bonds. The average Bonchev–Trinajstić information content (AvgIpc) is 3.16. The fourth-order valence-electron chi connectivity index (χ4n) is 4.82. The first-order chi connectivity index (χ1) is 14.2. The number of carbonyl (C=O) groups is 1. The highest BCUT2D eigenvalue weighted by Gasteiger charge is 2.26. The van der Waals surface area contributed by atoms with Gasteiger partial charge in [0.05, 0.1) is 6.54 Å². The first-order valence-corrected chi connectivity index (χ1v) is 11.1. The lowest BCUT2D eigenvalue weighted by atomic mass is 9.91. The summed E-state index contributed by atoms with van der Waals surface area (Å²) in [5, 5.41) is 3.28. The fourth-order valence-corrected chi connectivity index (χ4v) is 4.82. The molecule has 2 aliphatic heterocycles. The van der Waals surface area contributed by atoms with Gasteiger partial charge in [-0.15, -0.1) is 0 Å². The summed E-state index contributed by atoms with van der Waals surface area (Å²) in [7, 11) is 0. The second-order valence-corrected chi connectivity index (χ2v) is 8.71. The Morgan fingerprint density at radius 3 is 2.34 bits per heavy atom. The van der Waals surface area contributed by atoms with Crippen molar-refractivity contribution < 1.29 is 4.79 Å². The first-order valence-electron chi connectivity index (χ1n) is 11.1. The molecule has 1 N–H and O–H groups in total. The van der Waals surface area contributed by atoms with Crippen molar-refractivity contribution in [3.05, 3.63) is 71.8 Å². The van der Waals surface area contributed by atoms with Gasteiger partial charge in [-0.05, 0) is 49.3 Å². The molecule has 2 fully saturated rings. The lowest BCUT2D eigenvalue weighted by molar-refractivity contribution is -0.123. The summed E-state index contributed by atoms with van der Waals surface area (Å²) in [6.07, 6.45) is 4.63. The molecule has 0 aliphatic carbocycles. The van der Waals surface area contributed by atoms with Gasteiger partial charge in [-0.2, -0.15) is 0 Å². The number of hydrogen-bond donors (Lipinski definition) is 1. The van der Waals surface area contributed by atoms with Crippen molar-refractivity contribution >= 4 is 5.91 Å². The van der Waals surface area contributed by atoms with Crippen LogP contribution < -0.4 is 5.32 Å². The summed E-state index contributed by atoms with van der Waals surface area (Å²) in [6, 6.07) is 21.6. The zero-order chi connectivity index (χ0) is 19.9. The van der Waals surface area contributed by atoms with Crippen LogP contribution in [0.2, 0.25) is 0 Å². The lowest BCUT2D eigenvalue weighted by Crippen LogP contribution is -2.46. The minimum absolute atomic E-state index is 0.192. The molecule has 2 atom stereocenters. The molecule has 154 valence electrons. The third-order valence-corrected chi connectivity index (χ3v) is 6.22. The predicted molar refractivity (Wildman–Crippen MR) is 118 cm³/mol. The molecule has 4 nitrogen and oxygen atoms in total. The molecule has 2 aromatic carbocycles. The maximum atomic E-state index is 12.6. The molecule has 4 heteroatoms. The van der Waals surface area contributed by atoms with Gasteiger partial charge in [-0.1, -0.05) is 60.7 Å². The van der Waals surface area contributed by atoms with Crippen molar-refractivity contribution in [2.24, 2.45) is 5.92 Å². The number of hydrogen-bond acceptors (Lipinski definition) is 3. The van der Waals surface area contributed by atoms with E-state index in [2.05, 4.69) is 75.8 Å². The van der Waals surface area contributed by atoms with Gasteiger partial charge in [0.15, 0.2) is 0 Å². The maximum absolute atomic E-state index is 12.6. The summed E-state index contributed by atoms with van der Waals surface area (Å²) < 4.78 is 0. The smallest absolute Gasteiger partial charge is 0.234 e. The Bertz CT molecular complexity index is 764. The fraction of sp³-hybridized carbons (Fsp3) is 0.480. The van der Waals surface area contributed by atoms with E-state index in [1.54, 1.807) is 0 Å². The zero-order valence-electron chi connectivity index (χ0n) is 17.3. The van der Waals surface area contributed by atoms with E-state index in [0.717, 1.165) is 45.6 Å². The molecule has 2 heterocycles. The van der Waals surface area contributed by atoms with Crippen LogP contribution in [0.25, 0.3) is 0 Å². The molecule has 2 aromatic rings. The SMILES string of the molecule is O=C(CN1CCCC(Cc2ccccc2)C1)NC1CCN(Cc2ccccc2)C1. The van der Waals surface area contributed by atoms with Crippen molar-refractivity contribution in [2.45, 2.75) is 38.3 Å². The summed E-state index contributed by atoms with van der Waals surface area (Å²) in [6.45, 7) is 5.61. The quantitative estimate of drug-likeness (QED) is 0.786. The Morgan fingerprint density at radius 1 is 0.862 bits per heavy atom. The van der Waals surface area contributed by atoms with Gasteiger partial charge >= 0.3 is 0 Å². The van der Waals surface area contributed by atoms with Crippen molar-refractivity contribution in [1.82, 2.24) is 15.1 Å². The summed E-state index contributed by atoms with van der Waals surface area (Å²) >= 11 is 0.